The van der Waals surface area contributed by atoms with Gasteiger partial charge in [-0.05, 0) is 47.9 Å². The Kier molecular flexibility index (Phi) is 7.27. The van der Waals surface area contributed by atoms with Crippen LogP contribution in [0.5, 0.6) is 0 Å². The van der Waals surface area contributed by atoms with E-state index in [9.17, 15) is 9.59 Å². The molecule has 1 amide bonds. The summed E-state index contributed by atoms with van der Waals surface area (Å²) in [5, 5.41) is 6.33. The third-order valence-corrected chi connectivity index (χ3v) is 5.09. The zero-order valence-electron chi connectivity index (χ0n) is 17.7. The van der Waals surface area contributed by atoms with Crippen molar-refractivity contribution in [2.24, 2.45) is 0 Å². The number of hydrogen-bond acceptors (Lipinski definition) is 5. The van der Waals surface area contributed by atoms with Gasteiger partial charge in [-0.2, -0.15) is 0 Å². The van der Waals surface area contributed by atoms with Crippen LogP contribution in [0.1, 0.15) is 51.2 Å². The predicted octanol–water partition coefficient (Wildman–Crippen LogP) is 4.55. The number of ether oxygens (including phenoxy) is 1. The average molecular weight is 418 g/mol. The number of methoxy groups -OCH3 is 1. The number of amides is 1. The Morgan fingerprint density at radius 2 is 1.65 bits per heavy atom. The van der Waals surface area contributed by atoms with Gasteiger partial charge in [0.05, 0.1) is 30.1 Å². The fraction of sp³-hybridized carbons (Fsp3) is 0.200. The number of carbonyl (C=O) groups excluding carboxylic acids is 2. The molecule has 4 N–H and O–H groups in total. The molecule has 0 fully saturated rings. The van der Waals surface area contributed by atoms with Gasteiger partial charge in [0, 0.05) is 12.1 Å². The van der Waals surface area contributed by atoms with Crippen LogP contribution in [-0.2, 0) is 11.3 Å². The summed E-state index contributed by atoms with van der Waals surface area (Å²) in [7, 11) is 1.36. The summed E-state index contributed by atoms with van der Waals surface area (Å²) in [5.41, 5.74) is 10.5. The maximum absolute atomic E-state index is 12.7. The van der Waals surface area contributed by atoms with E-state index in [-0.39, 0.29) is 17.9 Å². The first-order chi connectivity index (χ1) is 15.0. The van der Waals surface area contributed by atoms with Crippen molar-refractivity contribution in [1.29, 1.82) is 0 Å². The van der Waals surface area contributed by atoms with Gasteiger partial charge in [-0.15, -0.1) is 0 Å². The van der Waals surface area contributed by atoms with Gasteiger partial charge < -0.3 is 21.1 Å². The number of anilines is 2. The van der Waals surface area contributed by atoms with Crippen molar-refractivity contribution in [3.05, 3.63) is 95.1 Å². The lowest BCUT2D eigenvalue weighted by molar-refractivity contribution is 0.0600. The minimum atomic E-state index is -0.366. The van der Waals surface area contributed by atoms with E-state index >= 15 is 0 Å². The number of benzene rings is 3. The molecule has 3 aromatic rings. The molecule has 160 valence electrons. The number of nitrogens with two attached hydrogens (primary N) is 1. The van der Waals surface area contributed by atoms with Crippen molar-refractivity contribution in [3.63, 3.8) is 0 Å². The Bertz CT molecular complexity index is 1030. The normalized spacial score (nSPS) is 11.4. The molecule has 6 heteroatoms. The smallest absolute Gasteiger partial charge is 0.337 e. The molecule has 1 atom stereocenters. The van der Waals surface area contributed by atoms with E-state index in [1.807, 2.05) is 49.4 Å². The van der Waals surface area contributed by atoms with Crippen molar-refractivity contribution in [1.82, 2.24) is 5.32 Å². The Morgan fingerprint density at radius 3 is 2.26 bits per heavy atom. The monoisotopic (exact) mass is 417 g/mol. The van der Waals surface area contributed by atoms with E-state index in [2.05, 4.69) is 10.6 Å². The fourth-order valence-corrected chi connectivity index (χ4v) is 3.29. The van der Waals surface area contributed by atoms with Crippen LogP contribution in [0.2, 0.25) is 0 Å². The van der Waals surface area contributed by atoms with E-state index in [0.717, 1.165) is 23.2 Å². The van der Waals surface area contributed by atoms with Gasteiger partial charge in [-0.25, -0.2) is 4.79 Å². The van der Waals surface area contributed by atoms with Crippen LogP contribution in [0.15, 0.2) is 72.8 Å². The number of hydrogen-bond donors (Lipinski definition) is 3. The minimum Gasteiger partial charge on any atom is -0.465 e. The number of nitrogens with one attached hydrogen (secondary N) is 2. The second-order valence-electron chi connectivity index (χ2n) is 7.19. The van der Waals surface area contributed by atoms with Crippen LogP contribution < -0.4 is 16.4 Å². The predicted molar refractivity (Wildman–Crippen MR) is 123 cm³/mol. The molecule has 0 saturated heterocycles. The molecule has 0 bridgehead atoms. The van der Waals surface area contributed by atoms with Gasteiger partial charge in [0.25, 0.3) is 5.91 Å². The van der Waals surface area contributed by atoms with Crippen molar-refractivity contribution in [3.8, 4) is 0 Å². The van der Waals surface area contributed by atoms with Gasteiger partial charge in [0.1, 0.15) is 0 Å². The molecule has 0 aliphatic rings. The lowest BCUT2D eigenvalue weighted by atomic mass is 10.0. The van der Waals surface area contributed by atoms with Gasteiger partial charge in [0.15, 0.2) is 0 Å². The van der Waals surface area contributed by atoms with Gasteiger partial charge >= 0.3 is 5.97 Å². The topological polar surface area (TPSA) is 93.5 Å². The minimum absolute atomic E-state index is 0.0549. The molecule has 3 rings (SSSR count). The van der Waals surface area contributed by atoms with Crippen LogP contribution in [0, 0.1) is 0 Å². The van der Waals surface area contributed by atoms with Crippen molar-refractivity contribution in [2.75, 3.05) is 18.2 Å². The summed E-state index contributed by atoms with van der Waals surface area (Å²) >= 11 is 0. The summed E-state index contributed by atoms with van der Waals surface area (Å²) in [4.78, 5) is 24.2. The largest absolute Gasteiger partial charge is 0.465 e. The quantitative estimate of drug-likeness (QED) is 0.369. The summed E-state index contributed by atoms with van der Waals surface area (Å²) in [6, 6.07) is 22.2. The number of esters is 1. The average Bonchev–Trinajstić information content (AvgIpc) is 2.82. The van der Waals surface area contributed by atoms with E-state index in [4.69, 9.17) is 10.5 Å². The third kappa shape index (κ3) is 5.63. The summed E-state index contributed by atoms with van der Waals surface area (Å²) in [6.07, 6.45) is 0.791. The van der Waals surface area contributed by atoms with Crippen LogP contribution in [0.25, 0.3) is 0 Å². The Hall–Kier alpha value is -3.80. The molecular weight excluding hydrogens is 390 g/mol. The standard InChI is InChI=1S/C25H27N3O3/c1-3-22(18-7-5-4-6-8-18)28-24(29)20-13-14-23(21(26)15-20)27-16-17-9-11-19(12-10-17)25(30)31-2/h4-15,22,27H,3,16,26H2,1-2H3,(H,28,29)/t22-/m1/s1. The second kappa shape index (κ2) is 10.3. The first-order valence-electron chi connectivity index (χ1n) is 10.2. The molecule has 0 saturated carbocycles. The highest BCUT2D eigenvalue weighted by Gasteiger charge is 2.15. The zero-order chi connectivity index (χ0) is 22.2. The lowest BCUT2D eigenvalue weighted by Crippen LogP contribution is -2.28. The van der Waals surface area contributed by atoms with Crippen LogP contribution >= 0.6 is 0 Å². The fourth-order valence-electron chi connectivity index (χ4n) is 3.29. The van der Waals surface area contributed by atoms with Crippen LogP contribution in [0.4, 0.5) is 11.4 Å². The van der Waals surface area contributed by atoms with E-state index in [1.54, 1.807) is 30.3 Å². The molecule has 0 spiro atoms. The number of nitrogen functional groups attached to an aromatic ring is 1. The highest BCUT2D eigenvalue weighted by Crippen LogP contribution is 2.22. The lowest BCUT2D eigenvalue weighted by Gasteiger charge is -2.18. The van der Waals surface area contributed by atoms with Crippen molar-refractivity contribution in [2.45, 2.75) is 25.9 Å². The van der Waals surface area contributed by atoms with E-state index < -0.39 is 0 Å². The molecule has 0 aliphatic carbocycles. The maximum atomic E-state index is 12.7. The highest BCUT2D eigenvalue weighted by molar-refractivity contribution is 5.96. The molecule has 6 nitrogen and oxygen atoms in total. The highest BCUT2D eigenvalue weighted by atomic mass is 16.5. The molecule has 0 radical (unpaired) electrons. The van der Waals surface area contributed by atoms with E-state index in [0.29, 0.717) is 23.4 Å². The van der Waals surface area contributed by atoms with E-state index in [1.165, 1.54) is 7.11 Å². The molecule has 0 aromatic heterocycles. The summed E-state index contributed by atoms with van der Waals surface area (Å²) < 4.78 is 4.70. The molecule has 3 aromatic carbocycles. The van der Waals surface area contributed by atoms with Gasteiger partial charge in [0.2, 0.25) is 0 Å². The molecule has 0 unspecified atom stereocenters. The van der Waals surface area contributed by atoms with Crippen LogP contribution in [-0.4, -0.2) is 19.0 Å². The summed E-state index contributed by atoms with van der Waals surface area (Å²) in [5.74, 6) is -0.525. The molecule has 0 heterocycles. The van der Waals surface area contributed by atoms with Crippen molar-refractivity contribution >= 4 is 23.3 Å². The zero-order valence-corrected chi connectivity index (χ0v) is 17.7. The Balaban J connectivity index is 1.62. The molecular formula is C25H27N3O3. The van der Waals surface area contributed by atoms with Crippen molar-refractivity contribution < 1.29 is 14.3 Å². The maximum Gasteiger partial charge on any atom is 0.337 e. The third-order valence-electron chi connectivity index (χ3n) is 5.09. The SMILES string of the molecule is CC[C@@H](NC(=O)c1ccc(NCc2ccc(C(=O)OC)cc2)c(N)c1)c1ccccc1. The Morgan fingerprint density at radius 1 is 0.968 bits per heavy atom. The molecule has 31 heavy (non-hydrogen) atoms. The van der Waals surface area contributed by atoms with Gasteiger partial charge in [-0.1, -0.05) is 49.4 Å². The summed E-state index contributed by atoms with van der Waals surface area (Å²) in [6.45, 7) is 2.57. The molecule has 0 aliphatic heterocycles. The first-order valence-corrected chi connectivity index (χ1v) is 10.2. The van der Waals surface area contributed by atoms with Gasteiger partial charge in [-0.3, -0.25) is 4.79 Å². The number of rotatable bonds is 8. The number of carbonyl (C=O) groups is 2. The second-order valence-corrected chi connectivity index (χ2v) is 7.19. The first kappa shape index (κ1) is 21.9. The Labute approximate surface area is 182 Å². The van der Waals surface area contributed by atoms with Crippen LogP contribution in [0.3, 0.4) is 0 Å².